The van der Waals surface area contributed by atoms with Crippen LogP contribution in [0.3, 0.4) is 0 Å². The van der Waals surface area contributed by atoms with E-state index in [4.69, 9.17) is 0 Å². The maximum absolute atomic E-state index is 12.5. The van der Waals surface area contributed by atoms with Crippen LogP contribution in [0, 0.1) is 28.6 Å². The van der Waals surface area contributed by atoms with Gasteiger partial charge >= 0.3 is 0 Å². The van der Waals surface area contributed by atoms with Gasteiger partial charge in [-0.25, -0.2) is 0 Å². The molecule has 1 saturated carbocycles. The molecule has 144 valence electrons. The number of rotatable bonds is 4. The van der Waals surface area contributed by atoms with E-state index in [0.29, 0.717) is 11.6 Å². The first-order valence-corrected chi connectivity index (χ1v) is 10.3. The summed E-state index contributed by atoms with van der Waals surface area (Å²) in [6.07, 6.45) is 6.56. The number of piperidine rings is 1. The zero-order valence-electron chi connectivity index (χ0n) is 17.4. The minimum atomic E-state index is -0.204. The predicted octanol–water partition coefficient (Wildman–Crippen LogP) is 4.74. The third-order valence-corrected chi connectivity index (χ3v) is 6.17. The van der Waals surface area contributed by atoms with E-state index >= 15 is 0 Å². The molecule has 0 unspecified atom stereocenters. The Balaban J connectivity index is 1.73. The van der Waals surface area contributed by atoms with Gasteiger partial charge in [0.25, 0.3) is 0 Å². The fraction of sp³-hybridized carbons (Fsp3) is 0.909. The number of carbonyl (C=O) groups is 2. The summed E-state index contributed by atoms with van der Waals surface area (Å²) < 4.78 is 0. The summed E-state index contributed by atoms with van der Waals surface area (Å²) in [7, 11) is 0. The highest BCUT2D eigenvalue weighted by Crippen LogP contribution is 2.35. The van der Waals surface area contributed by atoms with Crippen LogP contribution in [0.4, 0.5) is 0 Å². The third-order valence-electron chi connectivity index (χ3n) is 6.17. The molecule has 2 rings (SSSR count). The van der Waals surface area contributed by atoms with Gasteiger partial charge in [0, 0.05) is 29.2 Å². The lowest BCUT2D eigenvalue weighted by atomic mass is 9.73. The van der Waals surface area contributed by atoms with E-state index in [9.17, 15) is 9.59 Å². The Hall–Kier alpha value is -0.700. The van der Waals surface area contributed by atoms with Crippen LogP contribution in [0.15, 0.2) is 0 Å². The molecule has 0 aromatic carbocycles. The number of ketones is 2. The highest BCUT2D eigenvalue weighted by atomic mass is 16.1. The number of hydrogen-bond donors (Lipinski definition) is 0. The fourth-order valence-electron chi connectivity index (χ4n) is 4.57. The molecule has 3 heteroatoms. The van der Waals surface area contributed by atoms with Crippen LogP contribution in [0.1, 0.15) is 80.1 Å². The summed E-state index contributed by atoms with van der Waals surface area (Å²) in [5.41, 5.74) is -0.399. The zero-order valence-corrected chi connectivity index (χ0v) is 17.4. The smallest absolute Gasteiger partial charge is 0.141 e. The van der Waals surface area contributed by atoms with Crippen molar-refractivity contribution in [1.29, 1.82) is 0 Å². The van der Waals surface area contributed by atoms with E-state index in [0.717, 1.165) is 51.2 Å². The van der Waals surface area contributed by atoms with Gasteiger partial charge in [0.05, 0.1) is 0 Å². The number of hydrogen-bond acceptors (Lipinski definition) is 3. The topological polar surface area (TPSA) is 37.4 Å². The number of Topliss-reactive ketones (excluding diaryl/α,β-unsaturated/α-hetero) is 2. The lowest BCUT2D eigenvalue weighted by molar-refractivity contribution is -0.132. The predicted molar refractivity (Wildman–Crippen MR) is 104 cm³/mol. The summed E-state index contributed by atoms with van der Waals surface area (Å²) in [4.78, 5) is 27.5. The van der Waals surface area contributed by atoms with E-state index in [1.807, 2.05) is 41.5 Å². The summed E-state index contributed by atoms with van der Waals surface area (Å²) in [5, 5.41) is 0. The van der Waals surface area contributed by atoms with Gasteiger partial charge in [-0.2, -0.15) is 0 Å². The van der Waals surface area contributed by atoms with Crippen LogP contribution in [0.25, 0.3) is 0 Å². The van der Waals surface area contributed by atoms with Gasteiger partial charge in [-0.3, -0.25) is 9.59 Å². The molecule has 0 aromatic rings. The van der Waals surface area contributed by atoms with Gasteiger partial charge < -0.3 is 4.90 Å². The van der Waals surface area contributed by atoms with E-state index in [2.05, 4.69) is 4.90 Å². The summed E-state index contributed by atoms with van der Waals surface area (Å²) in [5.74, 6) is 2.17. The molecule has 3 nitrogen and oxygen atoms in total. The SMILES string of the molecule is CC(C)(C)C(=O)C1CCC(CN2CCC(C(=O)C(C)(C)C)CC2)CC1. The molecule has 0 amide bonds. The van der Waals surface area contributed by atoms with Gasteiger partial charge in [-0.15, -0.1) is 0 Å². The molecule has 1 heterocycles. The first-order valence-electron chi connectivity index (χ1n) is 10.3. The van der Waals surface area contributed by atoms with Crippen molar-refractivity contribution in [2.75, 3.05) is 19.6 Å². The van der Waals surface area contributed by atoms with Crippen molar-refractivity contribution in [1.82, 2.24) is 4.90 Å². The monoisotopic (exact) mass is 349 g/mol. The lowest BCUT2D eigenvalue weighted by Crippen LogP contribution is -2.42. The molecular formula is C22H39NO2. The van der Waals surface area contributed by atoms with E-state index < -0.39 is 0 Å². The summed E-state index contributed by atoms with van der Waals surface area (Å²) >= 11 is 0. The largest absolute Gasteiger partial charge is 0.303 e. The van der Waals surface area contributed by atoms with Crippen molar-refractivity contribution in [3.8, 4) is 0 Å². The van der Waals surface area contributed by atoms with E-state index in [-0.39, 0.29) is 22.7 Å². The molecule has 25 heavy (non-hydrogen) atoms. The minimum Gasteiger partial charge on any atom is -0.303 e. The summed E-state index contributed by atoms with van der Waals surface area (Å²) in [6, 6.07) is 0. The van der Waals surface area contributed by atoms with Crippen molar-refractivity contribution >= 4 is 11.6 Å². The van der Waals surface area contributed by atoms with E-state index in [1.54, 1.807) is 0 Å². The van der Waals surface area contributed by atoms with Crippen molar-refractivity contribution in [3.05, 3.63) is 0 Å². The standard InChI is InChI=1S/C22H39NO2/c1-21(2,3)19(24)17-9-7-16(8-10-17)15-23-13-11-18(12-14-23)20(25)22(4,5)6/h16-18H,7-15H2,1-6H3. The molecule has 1 saturated heterocycles. The molecule has 1 aliphatic heterocycles. The first-order chi connectivity index (χ1) is 11.5. The highest BCUT2D eigenvalue weighted by Gasteiger charge is 2.35. The van der Waals surface area contributed by atoms with Crippen molar-refractivity contribution < 1.29 is 9.59 Å². The highest BCUT2D eigenvalue weighted by molar-refractivity contribution is 5.86. The van der Waals surface area contributed by atoms with Crippen molar-refractivity contribution in [2.45, 2.75) is 80.1 Å². The average molecular weight is 350 g/mol. The van der Waals surface area contributed by atoms with Crippen LogP contribution in [0.5, 0.6) is 0 Å². The summed E-state index contributed by atoms with van der Waals surface area (Å²) in [6.45, 7) is 15.5. The maximum atomic E-state index is 12.5. The van der Waals surface area contributed by atoms with Crippen LogP contribution < -0.4 is 0 Å². The zero-order chi connectivity index (χ0) is 18.8. The molecule has 0 radical (unpaired) electrons. The number of carbonyl (C=O) groups excluding carboxylic acids is 2. The average Bonchev–Trinajstić information content (AvgIpc) is 2.53. The molecule has 2 fully saturated rings. The molecule has 0 spiro atoms. The van der Waals surface area contributed by atoms with Crippen LogP contribution in [-0.2, 0) is 9.59 Å². The lowest BCUT2D eigenvalue weighted by Gasteiger charge is -2.38. The van der Waals surface area contributed by atoms with Crippen LogP contribution in [-0.4, -0.2) is 36.1 Å². The van der Waals surface area contributed by atoms with E-state index in [1.165, 1.54) is 12.8 Å². The second kappa shape index (κ2) is 7.90. The van der Waals surface area contributed by atoms with Gasteiger partial charge in [0.1, 0.15) is 11.6 Å². The molecule has 2 aliphatic rings. The van der Waals surface area contributed by atoms with Crippen LogP contribution >= 0.6 is 0 Å². The van der Waals surface area contributed by atoms with Gasteiger partial charge in [0.15, 0.2) is 0 Å². The Morgan fingerprint density at radius 1 is 0.720 bits per heavy atom. The van der Waals surface area contributed by atoms with Gasteiger partial charge in [-0.05, 0) is 57.5 Å². The second-order valence-corrected chi connectivity index (χ2v) is 10.5. The quantitative estimate of drug-likeness (QED) is 0.736. The van der Waals surface area contributed by atoms with Gasteiger partial charge in [0.2, 0.25) is 0 Å². The third kappa shape index (κ3) is 5.64. The first kappa shape index (κ1) is 20.6. The van der Waals surface area contributed by atoms with Crippen LogP contribution in [0.2, 0.25) is 0 Å². The fourth-order valence-corrected chi connectivity index (χ4v) is 4.57. The normalized spacial score (nSPS) is 27.3. The Bertz CT molecular complexity index is 423. The van der Waals surface area contributed by atoms with Crippen molar-refractivity contribution in [2.24, 2.45) is 28.6 Å². The molecule has 1 aliphatic carbocycles. The Kier molecular flexibility index (Phi) is 6.51. The molecule has 0 aromatic heterocycles. The molecule has 0 bridgehead atoms. The van der Waals surface area contributed by atoms with Gasteiger partial charge in [-0.1, -0.05) is 41.5 Å². The Labute approximate surface area is 154 Å². The molecule has 0 atom stereocenters. The second-order valence-electron chi connectivity index (χ2n) is 10.5. The maximum Gasteiger partial charge on any atom is 0.141 e. The number of nitrogens with zero attached hydrogens (tertiary/aromatic N) is 1. The Morgan fingerprint density at radius 2 is 1.12 bits per heavy atom. The number of likely N-dealkylation sites (tertiary alicyclic amines) is 1. The minimum absolute atomic E-state index is 0.195. The Morgan fingerprint density at radius 3 is 1.52 bits per heavy atom. The van der Waals surface area contributed by atoms with Crippen molar-refractivity contribution in [3.63, 3.8) is 0 Å². The molecule has 0 N–H and O–H groups in total. The molecular weight excluding hydrogens is 310 g/mol.